The third-order valence-corrected chi connectivity index (χ3v) is 5.66. The van der Waals surface area contributed by atoms with E-state index in [-0.39, 0.29) is 11.2 Å². The summed E-state index contributed by atoms with van der Waals surface area (Å²) < 4.78 is 12.9. The van der Waals surface area contributed by atoms with Crippen molar-refractivity contribution in [3.63, 3.8) is 0 Å². The van der Waals surface area contributed by atoms with Crippen molar-refractivity contribution < 1.29 is 13.9 Å². The van der Waals surface area contributed by atoms with Gasteiger partial charge in [-0.1, -0.05) is 23.9 Å². The van der Waals surface area contributed by atoms with Crippen LogP contribution in [0.2, 0.25) is 0 Å². The van der Waals surface area contributed by atoms with Crippen LogP contribution in [0.5, 0.6) is 5.75 Å². The van der Waals surface area contributed by atoms with Crippen LogP contribution in [-0.4, -0.2) is 27.3 Å². The van der Waals surface area contributed by atoms with Gasteiger partial charge >= 0.3 is 0 Å². The van der Waals surface area contributed by atoms with Gasteiger partial charge in [0.15, 0.2) is 5.16 Å². The maximum absolute atomic E-state index is 12.6. The summed E-state index contributed by atoms with van der Waals surface area (Å²) in [6, 6.07) is 19.5. The van der Waals surface area contributed by atoms with E-state index in [1.54, 1.807) is 12.3 Å². The Kier molecular flexibility index (Phi) is 6.09. The fourth-order valence-corrected chi connectivity index (χ4v) is 4.10. The van der Waals surface area contributed by atoms with E-state index in [1.807, 2.05) is 68.4 Å². The summed E-state index contributed by atoms with van der Waals surface area (Å²) in [6.45, 7) is 4.83. The lowest BCUT2D eigenvalue weighted by molar-refractivity contribution is -0.120. The van der Waals surface area contributed by atoms with Crippen molar-refractivity contribution in [2.24, 2.45) is 0 Å². The fourth-order valence-electron chi connectivity index (χ4n) is 3.13. The molecule has 2 aromatic carbocycles. The molecule has 0 aliphatic rings. The first kappa shape index (κ1) is 20.1. The summed E-state index contributed by atoms with van der Waals surface area (Å²) in [5, 5.41) is 3.36. The minimum absolute atomic E-state index is 0.0679. The molecule has 30 heavy (non-hydrogen) atoms. The average molecular weight is 422 g/mol. The third-order valence-electron chi connectivity index (χ3n) is 4.60. The number of amides is 1. The van der Waals surface area contributed by atoms with Gasteiger partial charge < -0.3 is 14.5 Å². The van der Waals surface area contributed by atoms with Crippen molar-refractivity contribution in [1.29, 1.82) is 0 Å². The number of nitrogens with one attached hydrogen (secondary N) is 1. The Hall–Kier alpha value is -3.19. The van der Waals surface area contributed by atoms with E-state index in [2.05, 4.69) is 9.88 Å². The number of carbonyl (C=O) groups excluding carboxylic acids is 1. The lowest BCUT2D eigenvalue weighted by atomic mass is 10.2. The zero-order chi connectivity index (χ0) is 20.9. The van der Waals surface area contributed by atoms with Gasteiger partial charge in [-0.15, -0.1) is 0 Å². The average Bonchev–Trinajstić information content (AvgIpc) is 3.40. The highest BCUT2D eigenvalue weighted by molar-refractivity contribution is 8.00. The summed E-state index contributed by atoms with van der Waals surface area (Å²) in [5.74, 6) is 1.48. The Morgan fingerprint density at radius 3 is 2.70 bits per heavy atom. The predicted molar refractivity (Wildman–Crippen MR) is 118 cm³/mol. The normalized spacial score (nSPS) is 12.1. The molecule has 0 saturated heterocycles. The van der Waals surface area contributed by atoms with Gasteiger partial charge in [-0.25, -0.2) is 4.98 Å². The molecule has 0 bridgehead atoms. The van der Waals surface area contributed by atoms with Gasteiger partial charge in [-0.2, -0.15) is 0 Å². The lowest BCUT2D eigenvalue weighted by Gasteiger charge is -2.14. The number of benzene rings is 2. The van der Waals surface area contributed by atoms with E-state index in [0.717, 1.165) is 33.4 Å². The molecule has 0 radical (unpaired) electrons. The van der Waals surface area contributed by atoms with E-state index in [1.165, 1.54) is 11.8 Å². The molecule has 0 spiro atoms. The molecule has 1 N–H and O–H groups in total. The summed E-state index contributed by atoms with van der Waals surface area (Å²) >= 11 is 1.43. The number of hydrogen-bond donors (Lipinski definition) is 1. The standard InChI is InChI=1S/C23H23N3O3S/c1-3-28-18-12-10-17(11-13-18)26-21-9-5-4-8-20(21)25-23(26)30-16(2)22(27)24-15-19-7-6-14-29-19/h4-14,16H,3,15H2,1-2H3,(H,24,27)/t16-/m0/s1. The number of carbonyl (C=O) groups is 1. The van der Waals surface area contributed by atoms with E-state index in [4.69, 9.17) is 14.1 Å². The molecule has 4 rings (SSSR count). The maximum atomic E-state index is 12.6. The van der Waals surface area contributed by atoms with Gasteiger partial charge in [0.1, 0.15) is 11.5 Å². The molecule has 4 aromatic rings. The van der Waals surface area contributed by atoms with Crippen LogP contribution in [0.4, 0.5) is 0 Å². The highest BCUT2D eigenvalue weighted by Gasteiger charge is 2.20. The van der Waals surface area contributed by atoms with Crippen LogP contribution in [0.25, 0.3) is 16.7 Å². The van der Waals surface area contributed by atoms with Crippen LogP contribution in [0, 0.1) is 0 Å². The summed E-state index contributed by atoms with van der Waals surface area (Å²) in [4.78, 5) is 17.4. The molecule has 0 aliphatic heterocycles. The molecule has 0 unspecified atom stereocenters. The van der Waals surface area contributed by atoms with Gasteiger partial charge in [0.05, 0.1) is 35.7 Å². The Labute approximate surface area is 179 Å². The van der Waals surface area contributed by atoms with Gasteiger partial charge in [-0.05, 0) is 62.4 Å². The molecule has 7 heteroatoms. The molecule has 2 aromatic heterocycles. The van der Waals surface area contributed by atoms with Crippen LogP contribution in [0.3, 0.4) is 0 Å². The molecular weight excluding hydrogens is 398 g/mol. The van der Waals surface area contributed by atoms with Gasteiger partial charge in [0.25, 0.3) is 0 Å². The second kappa shape index (κ2) is 9.09. The minimum atomic E-state index is -0.321. The molecular formula is C23H23N3O3S. The van der Waals surface area contributed by atoms with Gasteiger partial charge in [0, 0.05) is 5.69 Å². The van der Waals surface area contributed by atoms with Crippen LogP contribution >= 0.6 is 11.8 Å². The molecule has 6 nitrogen and oxygen atoms in total. The van der Waals surface area contributed by atoms with E-state index in [9.17, 15) is 4.79 Å². The van der Waals surface area contributed by atoms with Crippen LogP contribution < -0.4 is 10.1 Å². The topological polar surface area (TPSA) is 69.3 Å². The summed E-state index contributed by atoms with van der Waals surface area (Å²) in [7, 11) is 0. The third kappa shape index (κ3) is 4.36. The monoisotopic (exact) mass is 421 g/mol. The Balaban J connectivity index is 1.58. The fraction of sp³-hybridized carbons (Fsp3) is 0.217. The van der Waals surface area contributed by atoms with Crippen LogP contribution in [0.1, 0.15) is 19.6 Å². The number of rotatable bonds is 8. The first-order valence-electron chi connectivity index (χ1n) is 9.83. The number of imidazole rings is 1. The number of aromatic nitrogens is 2. The zero-order valence-corrected chi connectivity index (χ0v) is 17.7. The molecule has 0 fully saturated rings. The maximum Gasteiger partial charge on any atom is 0.233 e. The predicted octanol–water partition coefficient (Wildman–Crippen LogP) is 4.81. The largest absolute Gasteiger partial charge is 0.494 e. The van der Waals surface area contributed by atoms with Crippen LogP contribution in [-0.2, 0) is 11.3 Å². The first-order chi connectivity index (χ1) is 14.7. The molecule has 2 heterocycles. The SMILES string of the molecule is CCOc1ccc(-n2c(S[C@@H](C)C(=O)NCc3ccco3)nc3ccccc32)cc1. The number of ether oxygens (including phenoxy) is 1. The Bertz CT molecular complexity index is 1120. The second-order valence-corrected chi connectivity index (χ2v) is 8.01. The summed E-state index contributed by atoms with van der Waals surface area (Å²) in [6.07, 6.45) is 1.60. The first-order valence-corrected chi connectivity index (χ1v) is 10.7. The number of furan rings is 1. The zero-order valence-electron chi connectivity index (χ0n) is 16.9. The number of para-hydroxylation sites is 2. The minimum Gasteiger partial charge on any atom is -0.494 e. The van der Waals surface area contributed by atoms with Crippen molar-refractivity contribution in [3.05, 3.63) is 72.7 Å². The molecule has 0 aliphatic carbocycles. The lowest BCUT2D eigenvalue weighted by Crippen LogP contribution is -2.30. The van der Waals surface area contributed by atoms with Crippen molar-refractivity contribution in [3.8, 4) is 11.4 Å². The van der Waals surface area contributed by atoms with Gasteiger partial charge in [0.2, 0.25) is 5.91 Å². The van der Waals surface area contributed by atoms with Crippen LogP contribution in [0.15, 0.2) is 76.5 Å². The summed E-state index contributed by atoms with van der Waals surface area (Å²) in [5.41, 5.74) is 2.85. The van der Waals surface area contributed by atoms with Crippen molar-refractivity contribution in [2.75, 3.05) is 6.61 Å². The molecule has 1 atom stereocenters. The number of nitrogens with zero attached hydrogens (tertiary/aromatic N) is 2. The van der Waals surface area contributed by atoms with E-state index >= 15 is 0 Å². The Morgan fingerprint density at radius 2 is 1.97 bits per heavy atom. The highest BCUT2D eigenvalue weighted by Crippen LogP contribution is 2.31. The number of thioether (sulfide) groups is 1. The molecule has 1 amide bonds. The second-order valence-electron chi connectivity index (χ2n) is 6.70. The number of fused-ring (bicyclic) bond motifs is 1. The molecule has 154 valence electrons. The highest BCUT2D eigenvalue weighted by atomic mass is 32.2. The number of hydrogen-bond acceptors (Lipinski definition) is 5. The van der Waals surface area contributed by atoms with Crippen molar-refractivity contribution >= 4 is 28.7 Å². The quantitative estimate of drug-likeness (QED) is 0.413. The van der Waals surface area contributed by atoms with E-state index < -0.39 is 0 Å². The van der Waals surface area contributed by atoms with Gasteiger partial charge in [-0.3, -0.25) is 9.36 Å². The molecule has 0 saturated carbocycles. The Morgan fingerprint density at radius 1 is 1.17 bits per heavy atom. The van der Waals surface area contributed by atoms with Crippen molar-refractivity contribution in [1.82, 2.24) is 14.9 Å². The van der Waals surface area contributed by atoms with E-state index in [0.29, 0.717) is 13.2 Å². The smallest absolute Gasteiger partial charge is 0.233 e. The van der Waals surface area contributed by atoms with Crippen molar-refractivity contribution in [2.45, 2.75) is 30.8 Å².